The van der Waals surface area contributed by atoms with Gasteiger partial charge in [0.2, 0.25) is 5.91 Å². The Morgan fingerprint density at radius 1 is 1.00 bits per heavy atom. The molecule has 1 aromatic carbocycles. The fourth-order valence-corrected chi connectivity index (χ4v) is 4.75. The lowest BCUT2D eigenvalue weighted by molar-refractivity contribution is -0.127. The van der Waals surface area contributed by atoms with E-state index in [0.717, 1.165) is 70.3 Å². The van der Waals surface area contributed by atoms with E-state index in [9.17, 15) is 9.59 Å². The van der Waals surface area contributed by atoms with Gasteiger partial charge in [0.1, 0.15) is 0 Å². The number of hydrogen-bond donors (Lipinski definition) is 2. The van der Waals surface area contributed by atoms with Gasteiger partial charge in [-0.05, 0) is 68.2 Å². The Morgan fingerprint density at radius 3 is 2.54 bits per heavy atom. The molecule has 3 N–H and O–H groups in total. The Balaban J connectivity index is 0.00000225. The molecule has 154 valence electrons. The SMILES string of the molecule is Cl.Nc1ccc2c(c1)CCCC2NC(=O)C1CCCN(C(=O)N2CCCC2)C1. The van der Waals surface area contributed by atoms with E-state index in [2.05, 4.69) is 11.4 Å². The van der Waals surface area contributed by atoms with Crippen molar-refractivity contribution in [3.63, 3.8) is 0 Å². The molecule has 2 atom stereocenters. The van der Waals surface area contributed by atoms with Crippen molar-refractivity contribution in [2.75, 3.05) is 31.9 Å². The average molecular weight is 407 g/mol. The maximum absolute atomic E-state index is 12.9. The van der Waals surface area contributed by atoms with Crippen LogP contribution in [0.15, 0.2) is 18.2 Å². The van der Waals surface area contributed by atoms with Crippen LogP contribution in [-0.2, 0) is 11.2 Å². The molecule has 6 nitrogen and oxygen atoms in total. The number of anilines is 1. The Hall–Kier alpha value is -1.95. The Bertz CT molecular complexity index is 720. The molecule has 1 aliphatic carbocycles. The van der Waals surface area contributed by atoms with Gasteiger partial charge in [-0.2, -0.15) is 0 Å². The van der Waals surface area contributed by atoms with Crippen molar-refractivity contribution in [2.45, 2.75) is 51.0 Å². The number of piperidine rings is 1. The summed E-state index contributed by atoms with van der Waals surface area (Å²) < 4.78 is 0. The number of hydrogen-bond acceptors (Lipinski definition) is 3. The minimum absolute atomic E-state index is 0. The third-order valence-electron chi connectivity index (χ3n) is 6.24. The molecular weight excluding hydrogens is 376 g/mol. The quantitative estimate of drug-likeness (QED) is 0.740. The maximum Gasteiger partial charge on any atom is 0.320 e. The van der Waals surface area contributed by atoms with Crippen LogP contribution in [0.3, 0.4) is 0 Å². The van der Waals surface area contributed by atoms with Crippen molar-refractivity contribution in [3.8, 4) is 0 Å². The maximum atomic E-state index is 12.9. The van der Waals surface area contributed by atoms with Crippen LogP contribution in [0.4, 0.5) is 10.5 Å². The number of likely N-dealkylation sites (tertiary alicyclic amines) is 2. The molecule has 2 heterocycles. The highest BCUT2D eigenvalue weighted by atomic mass is 35.5. The summed E-state index contributed by atoms with van der Waals surface area (Å²) in [5.74, 6) is -0.0203. The summed E-state index contributed by atoms with van der Waals surface area (Å²) in [4.78, 5) is 29.4. The molecule has 0 bridgehead atoms. The molecule has 3 amide bonds. The van der Waals surface area contributed by atoms with E-state index < -0.39 is 0 Å². The number of carbonyl (C=O) groups excluding carboxylic acids is 2. The fourth-order valence-electron chi connectivity index (χ4n) is 4.75. The van der Waals surface area contributed by atoms with Crippen LogP contribution in [0.1, 0.15) is 55.7 Å². The summed E-state index contributed by atoms with van der Waals surface area (Å²) in [6.45, 7) is 3.02. The lowest BCUT2D eigenvalue weighted by Crippen LogP contribution is -2.50. The van der Waals surface area contributed by atoms with Crippen molar-refractivity contribution in [3.05, 3.63) is 29.3 Å². The Labute approximate surface area is 173 Å². The third kappa shape index (κ3) is 4.37. The van der Waals surface area contributed by atoms with Gasteiger partial charge in [0.25, 0.3) is 0 Å². The first kappa shape index (κ1) is 20.8. The molecule has 0 saturated carbocycles. The summed E-state index contributed by atoms with van der Waals surface area (Å²) >= 11 is 0. The highest BCUT2D eigenvalue weighted by Crippen LogP contribution is 2.31. The van der Waals surface area contributed by atoms with E-state index in [4.69, 9.17) is 5.73 Å². The summed E-state index contributed by atoms with van der Waals surface area (Å²) in [6.07, 6.45) is 6.99. The predicted octanol–water partition coefficient (Wildman–Crippen LogP) is 3.11. The van der Waals surface area contributed by atoms with Crippen LogP contribution in [0.2, 0.25) is 0 Å². The number of halogens is 1. The van der Waals surface area contributed by atoms with Gasteiger partial charge in [-0.15, -0.1) is 12.4 Å². The Kier molecular flexibility index (Phi) is 6.70. The fraction of sp³-hybridized carbons (Fsp3) is 0.619. The molecule has 7 heteroatoms. The Morgan fingerprint density at radius 2 is 1.75 bits per heavy atom. The monoisotopic (exact) mass is 406 g/mol. The van der Waals surface area contributed by atoms with E-state index in [-0.39, 0.29) is 36.3 Å². The first-order valence-electron chi connectivity index (χ1n) is 10.3. The first-order chi connectivity index (χ1) is 13.1. The second-order valence-corrected chi connectivity index (χ2v) is 8.17. The van der Waals surface area contributed by atoms with E-state index in [1.807, 2.05) is 21.9 Å². The second-order valence-electron chi connectivity index (χ2n) is 8.17. The summed E-state index contributed by atoms with van der Waals surface area (Å²) in [6, 6.07) is 6.18. The van der Waals surface area contributed by atoms with Crippen LogP contribution in [0.5, 0.6) is 0 Å². The highest BCUT2D eigenvalue weighted by Gasteiger charge is 2.33. The molecule has 2 unspecified atom stereocenters. The van der Waals surface area contributed by atoms with Crippen molar-refractivity contribution < 1.29 is 9.59 Å². The molecule has 4 rings (SSSR count). The number of carbonyl (C=O) groups is 2. The zero-order valence-corrected chi connectivity index (χ0v) is 17.2. The zero-order valence-electron chi connectivity index (χ0n) is 16.4. The number of aryl methyl sites for hydroxylation is 1. The van der Waals surface area contributed by atoms with Gasteiger partial charge >= 0.3 is 6.03 Å². The molecule has 3 aliphatic rings. The number of benzene rings is 1. The summed E-state index contributed by atoms with van der Waals surface area (Å²) in [5, 5.41) is 3.26. The lowest BCUT2D eigenvalue weighted by Gasteiger charge is -2.35. The summed E-state index contributed by atoms with van der Waals surface area (Å²) in [5.41, 5.74) is 9.14. The minimum Gasteiger partial charge on any atom is -0.399 e. The van der Waals surface area contributed by atoms with Crippen molar-refractivity contribution in [1.29, 1.82) is 0 Å². The first-order valence-corrected chi connectivity index (χ1v) is 10.3. The molecule has 0 spiro atoms. The molecular formula is C21H31ClN4O2. The predicted molar refractivity (Wildman–Crippen MR) is 112 cm³/mol. The molecule has 0 aromatic heterocycles. The van der Waals surface area contributed by atoms with Gasteiger partial charge in [0.15, 0.2) is 0 Å². The number of nitrogens with one attached hydrogen (secondary N) is 1. The smallest absolute Gasteiger partial charge is 0.320 e. The van der Waals surface area contributed by atoms with Crippen LogP contribution in [-0.4, -0.2) is 47.9 Å². The largest absolute Gasteiger partial charge is 0.399 e. The molecule has 28 heavy (non-hydrogen) atoms. The van der Waals surface area contributed by atoms with Gasteiger partial charge in [0.05, 0.1) is 12.0 Å². The minimum atomic E-state index is -0.107. The molecule has 1 aromatic rings. The van der Waals surface area contributed by atoms with Gasteiger partial charge in [-0.25, -0.2) is 4.79 Å². The van der Waals surface area contributed by atoms with Crippen LogP contribution in [0.25, 0.3) is 0 Å². The number of rotatable bonds is 2. The van der Waals surface area contributed by atoms with E-state index in [1.165, 1.54) is 11.1 Å². The van der Waals surface area contributed by atoms with Gasteiger partial charge in [-0.1, -0.05) is 6.07 Å². The topological polar surface area (TPSA) is 78.7 Å². The van der Waals surface area contributed by atoms with Gasteiger partial charge in [0, 0.05) is 31.9 Å². The van der Waals surface area contributed by atoms with Gasteiger partial charge < -0.3 is 20.9 Å². The van der Waals surface area contributed by atoms with Crippen LogP contribution in [0, 0.1) is 5.92 Å². The molecule has 0 radical (unpaired) electrons. The zero-order chi connectivity index (χ0) is 18.8. The molecule has 2 fully saturated rings. The van der Waals surface area contributed by atoms with Crippen molar-refractivity contribution in [1.82, 2.24) is 15.1 Å². The molecule has 2 aliphatic heterocycles. The number of nitrogens with zero attached hydrogens (tertiary/aromatic N) is 2. The standard InChI is InChI=1S/C21H30N4O2.ClH/c22-17-8-9-18-15(13-17)5-3-7-19(18)23-20(26)16-6-4-12-25(14-16)21(27)24-10-1-2-11-24;/h8-9,13,16,19H,1-7,10-12,14,22H2,(H,23,26);1H. The second kappa shape index (κ2) is 9.03. The van der Waals surface area contributed by atoms with Crippen LogP contribution < -0.4 is 11.1 Å². The molecule has 2 saturated heterocycles. The number of amides is 3. The van der Waals surface area contributed by atoms with E-state index in [0.29, 0.717) is 6.54 Å². The van der Waals surface area contributed by atoms with E-state index >= 15 is 0 Å². The van der Waals surface area contributed by atoms with Crippen molar-refractivity contribution in [2.24, 2.45) is 5.92 Å². The average Bonchev–Trinajstić information content (AvgIpc) is 3.22. The van der Waals surface area contributed by atoms with E-state index in [1.54, 1.807) is 0 Å². The lowest BCUT2D eigenvalue weighted by atomic mass is 9.86. The number of nitrogen functional groups attached to an aromatic ring is 1. The summed E-state index contributed by atoms with van der Waals surface area (Å²) in [7, 11) is 0. The third-order valence-corrected chi connectivity index (χ3v) is 6.24. The highest BCUT2D eigenvalue weighted by molar-refractivity contribution is 5.85. The number of nitrogens with two attached hydrogens (primary N) is 1. The normalized spacial score (nSPS) is 24.3. The van der Waals surface area contributed by atoms with Crippen LogP contribution >= 0.6 is 12.4 Å². The van der Waals surface area contributed by atoms with Gasteiger partial charge in [-0.3, -0.25) is 4.79 Å². The van der Waals surface area contributed by atoms with Crippen molar-refractivity contribution >= 4 is 30.0 Å². The number of fused-ring (bicyclic) bond motifs is 1. The number of urea groups is 1.